The topological polar surface area (TPSA) is 30.5 Å². The van der Waals surface area contributed by atoms with Crippen LogP contribution in [0.4, 0.5) is 0 Å². The Balaban J connectivity index is 1.59. The highest BCUT2D eigenvalue weighted by atomic mass is 35.5. The van der Waals surface area contributed by atoms with Gasteiger partial charge >= 0.3 is 0 Å². The highest BCUT2D eigenvalue weighted by molar-refractivity contribution is 6.20. The summed E-state index contributed by atoms with van der Waals surface area (Å²) in [6.45, 7) is 2.59. The number of benzene rings is 1. The van der Waals surface area contributed by atoms with Crippen LogP contribution in [0.2, 0.25) is 0 Å². The van der Waals surface area contributed by atoms with Crippen LogP contribution in [0.3, 0.4) is 0 Å². The first kappa shape index (κ1) is 15.5. The van der Waals surface area contributed by atoms with E-state index in [1.165, 1.54) is 12.8 Å². The summed E-state index contributed by atoms with van der Waals surface area (Å²) in [6, 6.07) is 7.74. The van der Waals surface area contributed by atoms with Gasteiger partial charge in [0.2, 0.25) is 0 Å². The smallest absolute Gasteiger partial charge is 0.161 e. The number of para-hydroxylation sites is 2. The van der Waals surface area contributed by atoms with Gasteiger partial charge in [-0.25, -0.2) is 0 Å². The van der Waals surface area contributed by atoms with Gasteiger partial charge in [0.1, 0.15) is 6.61 Å². The first-order valence-corrected chi connectivity index (χ1v) is 7.84. The van der Waals surface area contributed by atoms with Crippen LogP contribution in [-0.2, 0) is 0 Å². The molecule has 0 amide bonds. The molecule has 0 saturated heterocycles. The van der Waals surface area contributed by atoms with Crippen molar-refractivity contribution in [2.45, 2.75) is 31.1 Å². The second-order valence-corrected chi connectivity index (χ2v) is 5.94. The molecule has 4 heteroatoms. The Bertz CT molecular complexity index is 392. The van der Waals surface area contributed by atoms with Crippen molar-refractivity contribution in [1.29, 1.82) is 0 Å². The van der Waals surface area contributed by atoms with E-state index in [0.29, 0.717) is 12.0 Å². The SMILES string of the molecule is COc1ccccc1OCCNCC1CCC(Cl)CC1. The van der Waals surface area contributed by atoms with Gasteiger partial charge < -0.3 is 14.8 Å². The first-order chi connectivity index (χ1) is 9.79. The quantitative estimate of drug-likeness (QED) is 0.617. The maximum Gasteiger partial charge on any atom is 0.161 e. The molecule has 0 aliphatic heterocycles. The van der Waals surface area contributed by atoms with Crippen molar-refractivity contribution in [2.24, 2.45) is 5.92 Å². The Hall–Kier alpha value is -0.930. The van der Waals surface area contributed by atoms with E-state index in [-0.39, 0.29) is 0 Å². The molecule has 1 N–H and O–H groups in total. The monoisotopic (exact) mass is 297 g/mol. The van der Waals surface area contributed by atoms with E-state index < -0.39 is 0 Å². The fraction of sp³-hybridized carbons (Fsp3) is 0.625. The molecule has 1 fully saturated rings. The third kappa shape index (κ3) is 4.88. The highest BCUT2D eigenvalue weighted by Crippen LogP contribution is 2.27. The summed E-state index contributed by atoms with van der Waals surface area (Å²) < 4.78 is 11.0. The summed E-state index contributed by atoms with van der Waals surface area (Å²) in [6.07, 6.45) is 4.81. The lowest BCUT2D eigenvalue weighted by Gasteiger charge is -2.25. The van der Waals surface area contributed by atoms with Crippen molar-refractivity contribution in [1.82, 2.24) is 5.32 Å². The number of hydrogen-bond acceptors (Lipinski definition) is 3. The molecule has 2 rings (SSSR count). The zero-order chi connectivity index (χ0) is 14.2. The average Bonchev–Trinajstić information content (AvgIpc) is 2.49. The Morgan fingerprint density at radius 1 is 1.15 bits per heavy atom. The maximum absolute atomic E-state index is 6.11. The number of rotatable bonds is 7. The van der Waals surface area contributed by atoms with Crippen molar-refractivity contribution in [3.05, 3.63) is 24.3 Å². The standard InChI is InChI=1S/C16H24ClNO2/c1-19-15-4-2-3-5-16(15)20-11-10-18-12-13-6-8-14(17)9-7-13/h2-5,13-14,18H,6-12H2,1H3. The van der Waals surface area contributed by atoms with E-state index in [4.69, 9.17) is 21.1 Å². The highest BCUT2D eigenvalue weighted by Gasteiger charge is 2.18. The zero-order valence-corrected chi connectivity index (χ0v) is 12.9. The fourth-order valence-electron chi connectivity index (χ4n) is 2.60. The minimum absolute atomic E-state index is 0.403. The molecule has 1 saturated carbocycles. The number of nitrogens with one attached hydrogen (secondary N) is 1. The second-order valence-electron chi connectivity index (χ2n) is 5.32. The van der Waals surface area contributed by atoms with Gasteiger partial charge in [-0.15, -0.1) is 11.6 Å². The average molecular weight is 298 g/mol. The van der Waals surface area contributed by atoms with Crippen LogP contribution >= 0.6 is 11.6 Å². The lowest BCUT2D eigenvalue weighted by Crippen LogP contribution is -2.29. The largest absolute Gasteiger partial charge is 0.493 e. The molecular weight excluding hydrogens is 274 g/mol. The van der Waals surface area contributed by atoms with E-state index >= 15 is 0 Å². The van der Waals surface area contributed by atoms with E-state index in [9.17, 15) is 0 Å². The molecule has 0 aromatic heterocycles. The van der Waals surface area contributed by atoms with Crippen LogP contribution in [0.25, 0.3) is 0 Å². The minimum atomic E-state index is 0.403. The summed E-state index contributed by atoms with van der Waals surface area (Å²) in [7, 11) is 1.66. The van der Waals surface area contributed by atoms with Gasteiger partial charge in [-0.3, -0.25) is 0 Å². The van der Waals surface area contributed by atoms with Gasteiger partial charge in [0, 0.05) is 11.9 Å². The normalized spacial score (nSPS) is 22.5. The van der Waals surface area contributed by atoms with Crippen molar-refractivity contribution in [3.63, 3.8) is 0 Å². The van der Waals surface area contributed by atoms with E-state index in [2.05, 4.69) is 5.32 Å². The van der Waals surface area contributed by atoms with Crippen LogP contribution in [-0.4, -0.2) is 32.2 Å². The summed E-state index contributed by atoms with van der Waals surface area (Å²) in [4.78, 5) is 0. The molecule has 0 heterocycles. The van der Waals surface area contributed by atoms with Gasteiger partial charge in [-0.2, -0.15) is 0 Å². The fourth-order valence-corrected chi connectivity index (χ4v) is 2.86. The Morgan fingerprint density at radius 3 is 2.55 bits per heavy atom. The molecule has 0 atom stereocenters. The number of alkyl halides is 1. The lowest BCUT2D eigenvalue weighted by atomic mass is 9.89. The van der Waals surface area contributed by atoms with Crippen molar-refractivity contribution >= 4 is 11.6 Å². The third-order valence-corrected chi connectivity index (χ3v) is 4.25. The number of ether oxygens (including phenoxy) is 2. The summed E-state index contributed by atoms with van der Waals surface area (Å²) in [5.41, 5.74) is 0. The van der Waals surface area contributed by atoms with Crippen LogP contribution in [0.1, 0.15) is 25.7 Å². The first-order valence-electron chi connectivity index (χ1n) is 7.40. The van der Waals surface area contributed by atoms with Crippen LogP contribution < -0.4 is 14.8 Å². The number of halogens is 1. The third-order valence-electron chi connectivity index (χ3n) is 3.81. The molecule has 20 heavy (non-hydrogen) atoms. The van der Waals surface area contributed by atoms with Crippen LogP contribution in [0.15, 0.2) is 24.3 Å². The molecule has 1 aromatic carbocycles. The zero-order valence-electron chi connectivity index (χ0n) is 12.1. The maximum atomic E-state index is 6.11. The van der Waals surface area contributed by atoms with Crippen molar-refractivity contribution in [3.8, 4) is 11.5 Å². The molecule has 0 bridgehead atoms. The summed E-state index contributed by atoms with van der Waals surface area (Å²) >= 11 is 6.11. The Labute approximate surface area is 126 Å². The summed E-state index contributed by atoms with van der Waals surface area (Å²) in [5, 5.41) is 3.87. The van der Waals surface area contributed by atoms with E-state index in [1.54, 1.807) is 7.11 Å². The molecule has 0 unspecified atom stereocenters. The predicted octanol–water partition coefficient (Wildman–Crippen LogP) is 3.46. The molecule has 1 aliphatic carbocycles. The van der Waals surface area contributed by atoms with Crippen LogP contribution in [0.5, 0.6) is 11.5 Å². The van der Waals surface area contributed by atoms with Gasteiger partial charge in [0.05, 0.1) is 7.11 Å². The molecule has 1 aromatic rings. The molecule has 0 radical (unpaired) electrons. The van der Waals surface area contributed by atoms with Gasteiger partial charge in [0.15, 0.2) is 11.5 Å². The molecule has 112 valence electrons. The Morgan fingerprint density at radius 2 is 1.85 bits per heavy atom. The molecular formula is C16H24ClNO2. The lowest BCUT2D eigenvalue weighted by molar-refractivity contribution is 0.281. The molecule has 1 aliphatic rings. The van der Waals surface area contributed by atoms with Crippen molar-refractivity contribution in [2.75, 3.05) is 26.8 Å². The van der Waals surface area contributed by atoms with E-state index in [0.717, 1.165) is 43.3 Å². The Kier molecular flexibility index (Phi) is 6.48. The molecule has 0 spiro atoms. The van der Waals surface area contributed by atoms with Gasteiger partial charge in [-0.1, -0.05) is 12.1 Å². The van der Waals surface area contributed by atoms with Crippen molar-refractivity contribution < 1.29 is 9.47 Å². The second kappa shape index (κ2) is 8.38. The van der Waals surface area contributed by atoms with E-state index in [1.807, 2.05) is 24.3 Å². The number of methoxy groups -OCH3 is 1. The minimum Gasteiger partial charge on any atom is -0.493 e. The van der Waals surface area contributed by atoms with Crippen LogP contribution in [0, 0.1) is 5.92 Å². The van der Waals surface area contributed by atoms with Gasteiger partial charge in [-0.05, 0) is 50.3 Å². The predicted molar refractivity (Wildman–Crippen MR) is 83.0 cm³/mol. The molecule has 3 nitrogen and oxygen atoms in total. The number of hydrogen-bond donors (Lipinski definition) is 1. The van der Waals surface area contributed by atoms with Gasteiger partial charge in [0.25, 0.3) is 0 Å². The summed E-state index contributed by atoms with van der Waals surface area (Å²) in [5.74, 6) is 2.36.